The first-order valence-electron chi connectivity index (χ1n) is 5.19. The molecule has 0 radical (unpaired) electrons. The molecule has 92 valence electrons. The maximum atomic E-state index is 12.7. The Hall–Kier alpha value is -2.56. The fourth-order valence-corrected chi connectivity index (χ4v) is 1.41. The van der Waals surface area contributed by atoms with Crippen LogP contribution in [0.1, 0.15) is 10.4 Å². The Kier molecular flexibility index (Phi) is 3.14. The van der Waals surface area contributed by atoms with Crippen molar-refractivity contribution >= 4 is 11.6 Å². The van der Waals surface area contributed by atoms with Gasteiger partial charge < -0.3 is 16.2 Å². The summed E-state index contributed by atoms with van der Waals surface area (Å²) in [5.41, 5.74) is 11.5. The van der Waals surface area contributed by atoms with E-state index in [9.17, 15) is 9.18 Å². The standard InChI is InChI=1S/C13H11FN2O2/c14-9-2-4-10(5-3-9)18-12-7-8(13(16)17)1-6-11(12)15/h1-7H,15H2,(H2,16,17). The summed E-state index contributed by atoms with van der Waals surface area (Å²) < 4.78 is 18.2. The van der Waals surface area contributed by atoms with Crippen LogP contribution in [0.4, 0.5) is 10.1 Å². The number of amides is 1. The molecule has 1 amide bonds. The minimum Gasteiger partial charge on any atom is -0.455 e. The number of nitrogen functional groups attached to an aromatic ring is 1. The highest BCUT2D eigenvalue weighted by Crippen LogP contribution is 2.28. The summed E-state index contributed by atoms with van der Waals surface area (Å²) in [6.07, 6.45) is 0. The van der Waals surface area contributed by atoms with E-state index in [4.69, 9.17) is 16.2 Å². The zero-order valence-corrected chi connectivity index (χ0v) is 9.39. The lowest BCUT2D eigenvalue weighted by molar-refractivity contribution is 0.1000. The molecule has 0 bridgehead atoms. The molecule has 0 fully saturated rings. The van der Waals surface area contributed by atoms with Crippen LogP contribution in [0.15, 0.2) is 42.5 Å². The Morgan fingerprint density at radius 2 is 1.78 bits per heavy atom. The maximum Gasteiger partial charge on any atom is 0.248 e. The van der Waals surface area contributed by atoms with E-state index in [1.807, 2.05) is 0 Å². The number of hydrogen-bond donors (Lipinski definition) is 2. The molecular formula is C13H11FN2O2. The number of carbonyl (C=O) groups is 1. The number of nitrogens with two attached hydrogens (primary N) is 2. The monoisotopic (exact) mass is 246 g/mol. The molecule has 18 heavy (non-hydrogen) atoms. The second-order valence-electron chi connectivity index (χ2n) is 3.67. The number of ether oxygens (including phenoxy) is 1. The van der Waals surface area contributed by atoms with Gasteiger partial charge in [0.05, 0.1) is 5.69 Å². The Balaban J connectivity index is 2.30. The molecule has 0 aliphatic heterocycles. The summed E-state index contributed by atoms with van der Waals surface area (Å²) >= 11 is 0. The number of benzene rings is 2. The molecule has 2 aromatic rings. The van der Waals surface area contributed by atoms with Crippen molar-refractivity contribution in [3.05, 3.63) is 53.8 Å². The van der Waals surface area contributed by atoms with E-state index in [0.717, 1.165) is 0 Å². The highest BCUT2D eigenvalue weighted by atomic mass is 19.1. The van der Waals surface area contributed by atoms with Gasteiger partial charge in [-0.1, -0.05) is 0 Å². The summed E-state index contributed by atoms with van der Waals surface area (Å²) in [5, 5.41) is 0. The minimum atomic E-state index is -0.570. The van der Waals surface area contributed by atoms with Crippen LogP contribution in [-0.4, -0.2) is 5.91 Å². The molecule has 0 unspecified atom stereocenters. The molecule has 0 saturated heterocycles. The molecule has 0 atom stereocenters. The lowest BCUT2D eigenvalue weighted by Crippen LogP contribution is -2.11. The molecule has 0 spiro atoms. The van der Waals surface area contributed by atoms with E-state index in [-0.39, 0.29) is 5.82 Å². The predicted molar refractivity (Wildman–Crippen MR) is 65.8 cm³/mol. The third-order valence-electron chi connectivity index (χ3n) is 2.34. The van der Waals surface area contributed by atoms with Crippen LogP contribution >= 0.6 is 0 Å². The first kappa shape index (κ1) is 11.9. The molecule has 0 aliphatic rings. The Labute approximate surface area is 103 Å². The molecule has 4 nitrogen and oxygen atoms in total. The van der Waals surface area contributed by atoms with Gasteiger partial charge in [0, 0.05) is 5.56 Å². The van der Waals surface area contributed by atoms with Crippen molar-refractivity contribution in [2.24, 2.45) is 5.73 Å². The second-order valence-corrected chi connectivity index (χ2v) is 3.67. The van der Waals surface area contributed by atoms with E-state index in [1.165, 1.54) is 42.5 Å². The van der Waals surface area contributed by atoms with E-state index >= 15 is 0 Å². The fourth-order valence-electron chi connectivity index (χ4n) is 1.41. The van der Waals surface area contributed by atoms with Crippen LogP contribution in [0.3, 0.4) is 0 Å². The quantitative estimate of drug-likeness (QED) is 0.815. The van der Waals surface area contributed by atoms with Crippen LogP contribution in [0, 0.1) is 5.82 Å². The van der Waals surface area contributed by atoms with Crippen LogP contribution in [0.5, 0.6) is 11.5 Å². The van der Waals surface area contributed by atoms with Crippen LogP contribution in [0.2, 0.25) is 0 Å². The first-order valence-corrected chi connectivity index (χ1v) is 5.19. The van der Waals surface area contributed by atoms with Crippen molar-refractivity contribution in [2.75, 3.05) is 5.73 Å². The summed E-state index contributed by atoms with van der Waals surface area (Å²) in [7, 11) is 0. The van der Waals surface area contributed by atoms with Gasteiger partial charge in [-0.25, -0.2) is 4.39 Å². The van der Waals surface area contributed by atoms with E-state index in [1.54, 1.807) is 0 Å². The summed E-state index contributed by atoms with van der Waals surface area (Å²) in [4.78, 5) is 11.0. The van der Waals surface area contributed by atoms with Gasteiger partial charge >= 0.3 is 0 Å². The molecule has 0 saturated carbocycles. The third kappa shape index (κ3) is 2.57. The van der Waals surface area contributed by atoms with E-state index < -0.39 is 5.91 Å². The number of carbonyl (C=O) groups excluding carboxylic acids is 1. The van der Waals surface area contributed by atoms with Crippen LogP contribution in [-0.2, 0) is 0 Å². The number of anilines is 1. The van der Waals surface area contributed by atoms with E-state index in [0.29, 0.717) is 22.7 Å². The number of rotatable bonds is 3. The van der Waals surface area contributed by atoms with Gasteiger partial charge in [-0.3, -0.25) is 4.79 Å². The molecule has 0 heterocycles. The normalized spacial score (nSPS) is 10.1. The van der Waals surface area contributed by atoms with Gasteiger partial charge in [0.25, 0.3) is 0 Å². The van der Waals surface area contributed by atoms with Crippen molar-refractivity contribution in [1.29, 1.82) is 0 Å². The SMILES string of the molecule is NC(=O)c1ccc(N)c(Oc2ccc(F)cc2)c1. The average molecular weight is 246 g/mol. The van der Waals surface area contributed by atoms with Crippen LogP contribution < -0.4 is 16.2 Å². The molecule has 2 aromatic carbocycles. The highest BCUT2D eigenvalue weighted by molar-refractivity contribution is 5.93. The minimum absolute atomic E-state index is 0.293. The predicted octanol–water partition coefficient (Wildman–Crippen LogP) is 2.30. The van der Waals surface area contributed by atoms with Gasteiger partial charge in [0.2, 0.25) is 5.91 Å². The lowest BCUT2D eigenvalue weighted by atomic mass is 10.2. The van der Waals surface area contributed by atoms with Crippen molar-refractivity contribution in [1.82, 2.24) is 0 Å². The average Bonchev–Trinajstić information content (AvgIpc) is 2.34. The summed E-state index contributed by atoms with van der Waals surface area (Å²) in [6, 6.07) is 9.94. The van der Waals surface area contributed by atoms with Gasteiger partial charge in [-0.15, -0.1) is 0 Å². The number of primary amides is 1. The van der Waals surface area contributed by atoms with Crippen molar-refractivity contribution in [3.63, 3.8) is 0 Å². The first-order chi connectivity index (χ1) is 8.56. The zero-order valence-electron chi connectivity index (χ0n) is 9.39. The maximum absolute atomic E-state index is 12.7. The Morgan fingerprint density at radius 1 is 1.11 bits per heavy atom. The Morgan fingerprint density at radius 3 is 2.39 bits per heavy atom. The van der Waals surface area contributed by atoms with E-state index in [2.05, 4.69) is 0 Å². The molecule has 4 N–H and O–H groups in total. The van der Waals surface area contributed by atoms with Gasteiger partial charge in [-0.05, 0) is 42.5 Å². The van der Waals surface area contributed by atoms with Crippen molar-refractivity contribution in [2.45, 2.75) is 0 Å². The van der Waals surface area contributed by atoms with Crippen molar-refractivity contribution < 1.29 is 13.9 Å². The number of hydrogen-bond acceptors (Lipinski definition) is 3. The smallest absolute Gasteiger partial charge is 0.248 e. The molecule has 0 aromatic heterocycles. The van der Waals surface area contributed by atoms with Crippen molar-refractivity contribution in [3.8, 4) is 11.5 Å². The van der Waals surface area contributed by atoms with Crippen LogP contribution in [0.25, 0.3) is 0 Å². The molecule has 5 heteroatoms. The molecular weight excluding hydrogens is 235 g/mol. The molecule has 2 rings (SSSR count). The lowest BCUT2D eigenvalue weighted by Gasteiger charge is -2.09. The van der Waals surface area contributed by atoms with Gasteiger partial charge in [0.1, 0.15) is 11.6 Å². The Bertz CT molecular complexity index is 582. The summed E-state index contributed by atoms with van der Waals surface area (Å²) in [5.74, 6) is -0.206. The zero-order chi connectivity index (χ0) is 13.1. The third-order valence-corrected chi connectivity index (χ3v) is 2.34. The largest absolute Gasteiger partial charge is 0.455 e. The highest BCUT2D eigenvalue weighted by Gasteiger charge is 2.07. The number of halogens is 1. The van der Waals surface area contributed by atoms with Gasteiger partial charge in [-0.2, -0.15) is 0 Å². The van der Waals surface area contributed by atoms with Gasteiger partial charge in [0.15, 0.2) is 5.75 Å². The second kappa shape index (κ2) is 4.75. The molecule has 0 aliphatic carbocycles. The summed E-state index contributed by atoms with van der Waals surface area (Å²) in [6.45, 7) is 0. The topological polar surface area (TPSA) is 78.3 Å². The fraction of sp³-hybridized carbons (Fsp3) is 0.